The maximum Gasteiger partial charge on any atom is 0.0897 e. The average Bonchev–Trinajstić information content (AvgIpc) is 3.03. The summed E-state index contributed by atoms with van der Waals surface area (Å²) < 4.78 is 0. The van der Waals surface area contributed by atoms with Gasteiger partial charge < -0.3 is 41.3 Å². The first kappa shape index (κ1) is 27.4. The predicted molar refractivity (Wildman–Crippen MR) is 188 cm³/mol. The molecule has 6 aromatic carbocycles. The molecular formula is C38H36N6O2-2. The van der Waals surface area contributed by atoms with Crippen LogP contribution in [0.3, 0.4) is 0 Å². The van der Waals surface area contributed by atoms with Crippen molar-refractivity contribution in [3.8, 4) is 0 Å². The summed E-state index contributed by atoms with van der Waals surface area (Å²) in [5, 5.41) is 37.5. The lowest BCUT2D eigenvalue weighted by molar-refractivity contribution is -0.535. The summed E-state index contributed by atoms with van der Waals surface area (Å²) >= 11 is 0. The molecule has 1 aliphatic carbocycles. The molecule has 8 nitrogen and oxygen atoms in total. The van der Waals surface area contributed by atoms with Crippen LogP contribution in [0.5, 0.6) is 0 Å². The highest BCUT2D eigenvalue weighted by atomic mass is 16.3. The van der Waals surface area contributed by atoms with Gasteiger partial charge in [-0.2, -0.15) is 0 Å². The number of nitrogens with two attached hydrogens (primary N) is 2. The number of hydrogen-bond acceptors (Lipinski definition) is 8. The molecule has 2 heterocycles. The predicted octanol–water partition coefficient (Wildman–Crippen LogP) is 4.49. The van der Waals surface area contributed by atoms with Gasteiger partial charge in [0.1, 0.15) is 0 Å². The van der Waals surface area contributed by atoms with Gasteiger partial charge in [0.25, 0.3) is 0 Å². The van der Waals surface area contributed by atoms with Crippen molar-refractivity contribution in [1.82, 2.24) is 0 Å². The second-order valence-corrected chi connectivity index (χ2v) is 13.6. The Hall–Kier alpha value is -4.92. The van der Waals surface area contributed by atoms with Crippen LogP contribution in [0.1, 0.15) is 23.0 Å². The van der Waals surface area contributed by atoms with E-state index in [2.05, 4.69) is 82.2 Å². The molecule has 6 aromatic rings. The molecule has 0 unspecified atom stereocenters. The van der Waals surface area contributed by atoms with Crippen molar-refractivity contribution < 1.29 is 10.2 Å². The summed E-state index contributed by atoms with van der Waals surface area (Å²) in [6, 6.07) is 24.8. The summed E-state index contributed by atoms with van der Waals surface area (Å²) in [4.78, 5) is 8.81. The third-order valence-corrected chi connectivity index (χ3v) is 10.9. The first-order valence-electron chi connectivity index (χ1n) is 15.9. The minimum absolute atomic E-state index is 0.504. The molecule has 2 aliphatic heterocycles. The molecule has 1 fully saturated rings. The van der Waals surface area contributed by atoms with E-state index in [0.717, 1.165) is 65.8 Å². The number of fused-ring (bicyclic) bond motifs is 4. The van der Waals surface area contributed by atoms with Crippen LogP contribution in [0.15, 0.2) is 72.8 Å². The standard InChI is InChI=1S/C38H36N6O2/c1-41-17-43(3)35-21-11-7-5-9-19(21)13-23-29(25(39)15-27(41)31(23)35)33-37(45)34(38(33)46)30-24-14-20-10-6-8-12-22(20)36-32(24)28(16-26(30)40)42(2)18-44(36)4/h5-16,33-34,37-38H,17-18,39-40H2,1-4H3/q-2. The van der Waals surface area contributed by atoms with E-state index in [1.54, 1.807) is 0 Å². The quantitative estimate of drug-likeness (QED) is 0.219. The van der Waals surface area contributed by atoms with Crippen molar-refractivity contribution in [2.24, 2.45) is 0 Å². The van der Waals surface area contributed by atoms with Crippen LogP contribution in [0.4, 0.5) is 34.1 Å². The van der Waals surface area contributed by atoms with Gasteiger partial charge in [-0.15, -0.1) is 12.2 Å². The molecule has 0 atom stereocenters. The summed E-state index contributed by atoms with van der Waals surface area (Å²) in [7, 11) is 8.27. The Morgan fingerprint density at radius 2 is 0.935 bits per heavy atom. The van der Waals surface area contributed by atoms with Gasteiger partial charge in [0.15, 0.2) is 0 Å². The van der Waals surface area contributed by atoms with E-state index in [0.29, 0.717) is 35.8 Å². The van der Waals surface area contributed by atoms with Crippen LogP contribution in [0, 0.1) is 0 Å². The Balaban J connectivity index is 1.26. The smallest absolute Gasteiger partial charge is 0.0897 e. The zero-order chi connectivity index (χ0) is 31.8. The van der Waals surface area contributed by atoms with Crippen molar-refractivity contribution in [1.29, 1.82) is 0 Å². The topological polar surface area (TPSA) is 111 Å². The highest BCUT2D eigenvalue weighted by Crippen LogP contribution is 2.56. The zero-order valence-electron chi connectivity index (χ0n) is 26.4. The van der Waals surface area contributed by atoms with E-state index >= 15 is 0 Å². The lowest BCUT2D eigenvalue weighted by Crippen LogP contribution is -2.64. The third kappa shape index (κ3) is 3.40. The first-order chi connectivity index (χ1) is 22.2. The monoisotopic (exact) mass is 608 g/mol. The Bertz CT molecular complexity index is 2120. The van der Waals surface area contributed by atoms with Crippen LogP contribution < -0.4 is 41.3 Å². The number of hydrogen-bond donors (Lipinski definition) is 2. The van der Waals surface area contributed by atoms with Gasteiger partial charge in [0, 0.05) is 72.5 Å². The van der Waals surface area contributed by atoms with E-state index in [4.69, 9.17) is 11.5 Å². The fourth-order valence-electron chi connectivity index (χ4n) is 8.91. The van der Waals surface area contributed by atoms with Crippen LogP contribution in [-0.2, 0) is 0 Å². The van der Waals surface area contributed by atoms with E-state index in [-0.39, 0.29) is 0 Å². The largest absolute Gasteiger partial charge is 0.851 e. The lowest BCUT2D eigenvalue weighted by Gasteiger charge is -2.62. The second-order valence-electron chi connectivity index (χ2n) is 13.6. The van der Waals surface area contributed by atoms with Crippen molar-refractivity contribution in [3.63, 3.8) is 0 Å². The summed E-state index contributed by atoms with van der Waals surface area (Å²) in [6.07, 6.45) is -2.39. The van der Waals surface area contributed by atoms with E-state index in [9.17, 15) is 10.2 Å². The number of anilines is 6. The molecule has 1 saturated carbocycles. The molecule has 0 amide bonds. The molecule has 232 valence electrons. The third-order valence-electron chi connectivity index (χ3n) is 10.9. The Labute approximate surface area is 267 Å². The lowest BCUT2D eigenvalue weighted by atomic mass is 9.61. The maximum absolute atomic E-state index is 14.6. The van der Waals surface area contributed by atoms with Crippen molar-refractivity contribution >= 4 is 77.2 Å². The molecular weight excluding hydrogens is 572 g/mol. The molecule has 0 aromatic heterocycles. The van der Waals surface area contributed by atoms with Crippen molar-refractivity contribution in [2.75, 3.05) is 72.6 Å². The van der Waals surface area contributed by atoms with Gasteiger partial charge >= 0.3 is 0 Å². The van der Waals surface area contributed by atoms with Crippen molar-refractivity contribution in [3.05, 3.63) is 83.9 Å². The molecule has 0 spiro atoms. The molecule has 8 heteroatoms. The Kier molecular flexibility index (Phi) is 5.55. The Morgan fingerprint density at radius 1 is 0.543 bits per heavy atom. The van der Waals surface area contributed by atoms with Gasteiger partial charge in [0.05, 0.1) is 24.7 Å². The van der Waals surface area contributed by atoms with E-state index in [1.165, 1.54) is 0 Å². The average molecular weight is 609 g/mol. The number of rotatable bonds is 2. The summed E-state index contributed by atoms with van der Waals surface area (Å²) in [5.41, 5.74) is 20.3. The SMILES string of the molecule is CN1CN(C)c2c3ccccc3cc3c(C4C([O-])C(c5c(N)cc6c7c(c8ccccc8cc57)N(C)CN6C)C4[O-])c(N)cc1c23. The van der Waals surface area contributed by atoms with Gasteiger partial charge in [-0.1, -0.05) is 48.5 Å². The second kappa shape index (κ2) is 9.31. The van der Waals surface area contributed by atoms with Crippen LogP contribution >= 0.6 is 0 Å². The number of benzene rings is 6. The maximum atomic E-state index is 14.6. The molecule has 46 heavy (non-hydrogen) atoms. The summed E-state index contributed by atoms with van der Waals surface area (Å²) in [5.74, 6) is -1.59. The number of nitrogens with zero attached hydrogens (tertiary/aromatic N) is 4. The van der Waals surface area contributed by atoms with Crippen molar-refractivity contribution in [2.45, 2.75) is 24.0 Å². The van der Waals surface area contributed by atoms with Gasteiger partial charge in [-0.05, 0) is 68.8 Å². The van der Waals surface area contributed by atoms with E-state index < -0.39 is 24.0 Å². The highest BCUT2D eigenvalue weighted by Gasteiger charge is 2.43. The Morgan fingerprint density at radius 3 is 1.35 bits per heavy atom. The van der Waals surface area contributed by atoms with Gasteiger partial charge in [0.2, 0.25) is 0 Å². The molecule has 4 N–H and O–H groups in total. The molecule has 0 saturated heterocycles. The van der Waals surface area contributed by atoms with Crippen LogP contribution in [0.2, 0.25) is 0 Å². The molecule has 9 rings (SSSR count). The van der Waals surface area contributed by atoms with Gasteiger partial charge in [-0.25, -0.2) is 0 Å². The van der Waals surface area contributed by atoms with Crippen LogP contribution in [0.25, 0.3) is 43.1 Å². The zero-order valence-corrected chi connectivity index (χ0v) is 26.4. The fraction of sp³-hybridized carbons (Fsp3) is 0.263. The van der Waals surface area contributed by atoms with Crippen LogP contribution in [-0.4, -0.2) is 53.7 Å². The molecule has 0 radical (unpaired) electrons. The summed E-state index contributed by atoms with van der Waals surface area (Å²) in [6.45, 7) is 1.41. The molecule has 3 aliphatic rings. The van der Waals surface area contributed by atoms with Gasteiger partial charge in [-0.3, -0.25) is 0 Å². The highest BCUT2D eigenvalue weighted by molar-refractivity contribution is 6.20. The van der Waals surface area contributed by atoms with E-state index in [1.807, 2.05) is 38.4 Å². The minimum Gasteiger partial charge on any atom is -0.851 e. The normalized spacial score (nSPS) is 22.4. The number of nitrogen functional groups attached to an aromatic ring is 2. The first-order valence-corrected chi connectivity index (χ1v) is 15.9. The fourth-order valence-corrected chi connectivity index (χ4v) is 8.91. The minimum atomic E-state index is -1.20. The molecule has 0 bridgehead atoms.